The molecule has 1 aliphatic carbocycles. The van der Waals surface area contributed by atoms with Gasteiger partial charge >= 0.3 is 0 Å². The average molecular weight is 348 g/mol. The van der Waals surface area contributed by atoms with Gasteiger partial charge in [-0.05, 0) is 54.3 Å². The van der Waals surface area contributed by atoms with Gasteiger partial charge in [0.05, 0.1) is 6.54 Å². The molecule has 25 heavy (non-hydrogen) atoms. The molecule has 1 aliphatic rings. The van der Waals surface area contributed by atoms with Gasteiger partial charge in [0, 0.05) is 11.6 Å². The smallest absolute Gasteiger partial charge is 0.243 e. The predicted molar refractivity (Wildman–Crippen MR) is 85.2 cm³/mol. The minimum absolute atomic E-state index is 0.171. The Morgan fingerprint density at radius 1 is 1.00 bits per heavy atom. The highest BCUT2D eigenvalue weighted by molar-refractivity contribution is 5.95. The van der Waals surface area contributed by atoms with E-state index in [0.29, 0.717) is 17.7 Å². The van der Waals surface area contributed by atoms with Crippen LogP contribution in [-0.4, -0.2) is 18.4 Å². The average Bonchev–Trinajstić information content (AvgIpc) is 3.38. The molecular formula is C18H15F3N2O2. The molecule has 0 aliphatic heterocycles. The molecule has 2 atom stereocenters. The molecule has 2 N–H and O–H groups in total. The minimum atomic E-state index is -0.942. The van der Waals surface area contributed by atoms with Crippen molar-refractivity contribution in [1.29, 1.82) is 0 Å². The Morgan fingerprint density at radius 3 is 2.40 bits per heavy atom. The van der Waals surface area contributed by atoms with E-state index >= 15 is 0 Å². The Hall–Kier alpha value is -2.83. The molecule has 0 unspecified atom stereocenters. The first kappa shape index (κ1) is 17.0. The summed E-state index contributed by atoms with van der Waals surface area (Å²) in [6, 6.07) is 8.83. The number of hydrogen-bond acceptors (Lipinski definition) is 2. The number of halogens is 3. The van der Waals surface area contributed by atoms with Gasteiger partial charge in [0.2, 0.25) is 11.8 Å². The zero-order chi connectivity index (χ0) is 18.0. The van der Waals surface area contributed by atoms with Crippen molar-refractivity contribution in [2.45, 2.75) is 12.3 Å². The maximum atomic E-state index is 13.2. The van der Waals surface area contributed by atoms with Gasteiger partial charge in [0.25, 0.3) is 0 Å². The van der Waals surface area contributed by atoms with Gasteiger partial charge in [-0.25, -0.2) is 13.2 Å². The maximum absolute atomic E-state index is 13.2. The lowest BCUT2D eigenvalue weighted by Crippen LogP contribution is -2.34. The van der Waals surface area contributed by atoms with E-state index in [1.807, 2.05) is 0 Å². The van der Waals surface area contributed by atoms with E-state index in [1.54, 1.807) is 0 Å². The van der Waals surface area contributed by atoms with Crippen LogP contribution >= 0.6 is 0 Å². The van der Waals surface area contributed by atoms with Crippen molar-refractivity contribution in [2.75, 3.05) is 11.9 Å². The standard InChI is InChI=1S/C18H15F3N2O2/c19-11-2-4-12(5-3-11)23-17(24)9-22-18(25)14-8-13(14)10-1-6-15(20)16(21)7-10/h1-7,13-14H,8-9H2,(H,22,25)(H,23,24)/t13-,14+/m1/s1. The number of hydrogen-bond donors (Lipinski definition) is 2. The highest BCUT2D eigenvalue weighted by atomic mass is 19.2. The van der Waals surface area contributed by atoms with E-state index in [2.05, 4.69) is 10.6 Å². The van der Waals surface area contributed by atoms with Gasteiger partial charge in [0.15, 0.2) is 11.6 Å². The van der Waals surface area contributed by atoms with Gasteiger partial charge in [-0.2, -0.15) is 0 Å². The van der Waals surface area contributed by atoms with Gasteiger partial charge in [0.1, 0.15) is 5.82 Å². The predicted octanol–water partition coefficient (Wildman–Crippen LogP) is 2.96. The van der Waals surface area contributed by atoms with Crippen LogP contribution in [0.5, 0.6) is 0 Å². The third-order valence-corrected chi connectivity index (χ3v) is 4.05. The summed E-state index contributed by atoms with van der Waals surface area (Å²) in [5, 5.41) is 5.04. The van der Waals surface area contributed by atoms with Crippen LogP contribution in [0.2, 0.25) is 0 Å². The maximum Gasteiger partial charge on any atom is 0.243 e. The zero-order valence-corrected chi connectivity index (χ0v) is 13.1. The molecule has 0 heterocycles. The Balaban J connectivity index is 1.47. The van der Waals surface area contributed by atoms with Gasteiger partial charge in [-0.15, -0.1) is 0 Å². The van der Waals surface area contributed by atoms with Gasteiger partial charge in [-0.1, -0.05) is 6.07 Å². The summed E-state index contributed by atoms with van der Waals surface area (Å²) in [7, 11) is 0. The van der Waals surface area contributed by atoms with Crippen LogP contribution in [0.3, 0.4) is 0 Å². The fraction of sp³-hybridized carbons (Fsp3) is 0.222. The molecule has 2 aromatic rings. The van der Waals surface area contributed by atoms with Crippen LogP contribution in [0.15, 0.2) is 42.5 Å². The Bertz CT molecular complexity index is 808. The Morgan fingerprint density at radius 2 is 1.72 bits per heavy atom. The second-order valence-electron chi connectivity index (χ2n) is 5.90. The fourth-order valence-corrected chi connectivity index (χ4v) is 2.63. The van der Waals surface area contributed by atoms with Crippen LogP contribution in [0.1, 0.15) is 17.9 Å². The summed E-state index contributed by atoms with van der Waals surface area (Å²) in [6.45, 7) is -0.225. The molecule has 0 aromatic heterocycles. The third kappa shape index (κ3) is 4.17. The van der Waals surface area contributed by atoms with E-state index in [4.69, 9.17) is 0 Å². The summed E-state index contributed by atoms with van der Waals surface area (Å²) < 4.78 is 38.9. The third-order valence-electron chi connectivity index (χ3n) is 4.05. The topological polar surface area (TPSA) is 58.2 Å². The van der Waals surface area contributed by atoms with Gasteiger partial charge in [-0.3, -0.25) is 9.59 Å². The number of amides is 2. The molecule has 2 amide bonds. The van der Waals surface area contributed by atoms with Crippen LogP contribution in [-0.2, 0) is 9.59 Å². The van der Waals surface area contributed by atoms with Gasteiger partial charge < -0.3 is 10.6 Å². The summed E-state index contributed by atoms with van der Waals surface area (Å²) in [5.41, 5.74) is 0.988. The molecule has 2 aromatic carbocycles. The van der Waals surface area contributed by atoms with E-state index in [9.17, 15) is 22.8 Å². The van der Waals surface area contributed by atoms with Crippen molar-refractivity contribution in [2.24, 2.45) is 5.92 Å². The van der Waals surface area contributed by atoms with Crippen LogP contribution < -0.4 is 10.6 Å². The first-order valence-electron chi connectivity index (χ1n) is 7.72. The lowest BCUT2D eigenvalue weighted by atomic mass is 10.1. The van der Waals surface area contributed by atoms with E-state index in [0.717, 1.165) is 12.1 Å². The fourth-order valence-electron chi connectivity index (χ4n) is 2.63. The van der Waals surface area contributed by atoms with E-state index in [1.165, 1.54) is 30.3 Å². The summed E-state index contributed by atoms with van der Waals surface area (Å²) in [4.78, 5) is 23.8. The first-order chi connectivity index (χ1) is 11.9. The molecule has 4 nitrogen and oxygen atoms in total. The van der Waals surface area contributed by atoms with Crippen molar-refractivity contribution in [3.63, 3.8) is 0 Å². The quantitative estimate of drug-likeness (QED) is 0.873. The number of carbonyl (C=O) groups is 2. The molecule has 0 bridgehead atoms. The van der Waals surface area contributed by atoms with Crippen molar-refractivity contribution in [1.82, 2.24) is 5.32 Å². The number of carbonyl (C=O) groups excluding carboxylic acids is 2. The number of benzene rings is 2. The first-order valence-corrected chi connectivity index (χ1v) is 7.72. The Kier molecular flexibility index (Phi) is 4.74. The molecule has 0 radical (unpaired) electrons. The van der Waals surface area contributed by atoms with E-state index < -0.39 is 23.4 Å². The van der Waals surface area contributed by atoms with Crippen molar-refractivity contribution in [3.8, 4) is 0 Å². The van der Waals surface area contributed by atoms with Crippen LogP contribution in [0.25, 0.3) is 0 Å². The molecule has 130 valence electrons. The minimum Gasteiger partial charge on any atom is -0.347 e. The van der Waals surface area contributed by atoms with Crippen molar-refractivity contribution < 1.29 is 22.8 Å². The molecular weight excluding hydrogens is 333 g/mol. The molecule has 7 heteroatoms. The summed E-state index contributed by atoms with van der Waals surface area (Å²) in [6.07, 6.45) is 0.524. The van der Waals surface area contributed by atoms with Crippen LogP contribution in [0.4, 0.5) is 18.9 Å². The summed E-state index contributed by atoms with van der Waals surface area (Å²) >= 11 is 0. The Labute approximate surface area is 142 Å². The lowest BCUT2D eigenvalue weighted by molar-refractivity contribution is -0.125. The van der Waals surface area contributed by atoms with E-state index in [-0.39, 0.29) is 24.3 Å². The van der Waals surface area contributed by atoms with Crippen molar-refractivity contribution in [3.05, 3.63) is 65.5 Å². The molecule has 3 rings (SSSR count). The summed E-state index contributed by atoms with van der Waals surface area (Å²) in [5.74, 6) is -3.57. The largest absolute Gasteiger partial charge is 0.347 e. The molecule has 1 saturated carbocycles. The van der Waals surface area contributed by atoms with Crippen LogP contribution in [0, 0.1) is 23.4 Å². The number of rotatable bonds is 5. The molecule has 0 saturated heterocycles. The van der Waals surface area contributed by atoms with Crippen molar-refractivity contribution >= 4 is 17.5 Å². The highest BCUT2D eigenvalue weighted by Crippen LogP contribution is 2.47. The molecule has 1 fully saturated rings. The number of nitrogens with one attached hydrogen (secondary N) is 2. The zero-order valence-electron chi connectivity index (χ0n) is 13.1. The second kappa shape index (κ2) is 6.96. The second-order valence-corrected chi connectivity index (χ2v) is 5.90. The highest BCUT2D eigenvalue weighted by Gasteiger charge is 2.44. The monoisotopic (exact) mass is 348 g/mol. The normalized spacial score (nSPS) is 18.5. The lowest BCUT2D eigenvalue weighted by Gasteiger charge is -2.07. The number of anilines is 1. The SMILES string of the molecule is O=C(CNC(=O)[C@H]1C[C@@H]1c1ccc(F)c(F)c1)Nc1ccc(F)cc1. The molecule has 0 spiro atoms.